The molecule has 23 heavy (non-hydrogen) atoms. The van der Waals surface area contributed by atoms with Gasteiger partial charge in [-0.05, 0) is 31.0 Å². The van der Waals surface area contributed by atoms with E-state index in [4.69, 9.17) is 5.11 Å². The Morgan fingerprint density at radius 3 is 2.52 bits per heavy atom. The first-order valence-corrected chi connectivity index (χ1v) is 7.40. The molecule has 1 aliphatic rings. The molecule has 0 aromatic carbocycles. The molecule has 118 valence electrons. The van der Waals surface area contributed by atoms with E-state index in [1.165, 1.54) is 18.5 Å². The minimum Gasteiger partial charge on any atom is -0.477 e. The van der Waals surface area contributed by atoms with Crippen molar-refractivity contribution in [1.29, 1.82) is 0 Å². The van der Waals surface area contributed by atoms with Gasteiger partial charge in [0.25, 0.3) is 5.91 Å². The minimum atomic E-state index is -1.14. The van der Waals surface area contributed by atoms with Crippen LogP contribution in [0.2, 0.25) is 0 Å². The van der Waals surface area contributed by atoms with Crippen LogP contribution in [0.5, 0.6) is 0 Å². The number of rotatable bonds is 3. The van der Waals surface area contributed by atoms with Crippen molar-refractivity contribution < 1.29 is 14.7 Å². The summed E-state index contributed by atoms with van der Waals surface area (Å²) in [4.78, 5) is 37.2. The van der Waals surface area contributed by atoms with Crippen LogP contribution in [-0.4, -0.2) is 49.9 Å². The normalized spacial score (nSPS) is 15.4. The van der Waals surface area contributed by atoms with Crippen LogP contribution in [0, 0.1) is 0 Å². The lowest BCUT2D eigenvalue weighted by Crippen LogP contribution is -2.38. The number of aromatic carboxylic acids is 1. The van der Waals surface area contributed by atoms with Crippen LogP contribution in [-0.2, 0) is 0 Å². The van der Waals surface area contributed by atoms with Crippen LogP contribution in [0.25, 0.3) is 0 Å². The predicted octanol–water partition coefficient (Wildman–Crippen LogP) is 1.59. The van der Waals surface area contributed by atoms with Gasteiger partial charge in [0.2, 0.25) is 0 Å². The summed E-state index contributed by atoms with van der Waals surface area (Å²) in [5, 5.41) is 8.96. The van der Waals surface area contributed by atoms with Gasteiger partial charge in [-0.2, -0.15) is 0 Å². The van der Waals surface area contributed by atoms with E-state index >= 15 is 0 Å². The lowest BCUT2D eigenvalue weighted by Gasteiger charge is -2.31. The molecule has 1 saturated heterocycles. The maximum absolute atomic E-state index is 12.5. The number of carboxylic acid groups (broad SMARTS) is 1. The Balaban J connectivity index is 1.66. The van der Waals surface area contributed by atoms with Crippen molar-refractivity contribution in [3.05, 3.63) is 53.9 Å². The highest BCUT2D eigenvalue weighted by atomic mass is 16.4. The molecule has 1 aliphatic heterocycles. The zero-order valence-electron chi connectivity index (χ0n) is 12.4. The number of hydrogen-bond donors (Lipinski definition) is 1. The Morgan fingerprint density at radius 2 is 1.87 bits per heavy atom. The molecule has 7 nitrogen and oxygen atoms in total. The maximum atomic E-state index is 12.5. The highest BCUT2D eigenvalue weighted by molar-refractivity contribution is 5.94. The van der Waals surface area contributed by atoms with Crippen LogP contribution in [0.4, 0.5) is 0 Å². The van der Waals surface area contributed by atoms with Crippen molar-refractivity contribution in [2.75, 3.05) is 13.1 Å². The number of carboxylic acids is 1. The summed E-state index contributed by atoms with van der Waals surface area (Å²) in [7, 11) is 0. The second-order valence-corrected chi connectivity index (χ2v) is 5.41. The van der Waals surface area contributed by atoms with Gasteiger partial charge in [-0.25, -0.2) is 19.7 Å². The first kappa shape index (κ1) is 15.1. The molecule has 1 fully saturated rings. The number of amides is 1. The summed E-state index contributed by atoms with van der Waals surface area (Å²) in [6, 6.07) is 6.36. The minimum absolute atomic E-state index is 0.119. The quantitative estimate of drug-likeness (QED) is 0.924. The topological polar surface area (TPSA) is 96.3 Å². The standard InChI is InChI=1S/C16H16N4O3/c21-15(13-2-1-3-14(19-13)16(22)23)20-8-5-11(6-9-20)12-4-7-17-10-18-12/h1-4,7,10-11H,5-6,8-9H2,(H,22,23). The third-order valence-electron chi connectivity index (χ3n) is 3.99. The van der Waals surface area contributed by atoms with E-state index in [1.54, 1.807) is 17.2 Å². The molecule has 0 unspecified atom stereocenters. The van der Waals surface area contributed by atoms with E-state index in [9.17, 15) is 9.59 Å². The molecule has 0 saturated carbocycles. The number of likely N-dealkylation sites (tertiary alicyclic amines) is 1. The summed E-state index contributed by atoms with van der Waals surface area (Å²) in [6.45, 7) is 1.21. The van der Waals surface area contributed by atoms with Crippen molar-refractivity contribution in [1.82, 2.24) is 19.9 Å². The van der Waals surface area contributed by atoms with Gasteiger partial charge in [0.1, 0.15) is 17.7 Å². The SMILES string of the molecule is O=C(O)c1cccc(C(=O)N2CCC(c3ccncn3)CC2)n1. The molecule has 2 aromatic heterocycles. The summed E-state index contributed by atoms with van der Waals surface area (Å²) in [5.74, 6) is -1.04. The molecule has 7 heteroatoms. The van der Waals surface area contributed by atoms with E-state index in [-0.39, 0.29) is 17.3 Å². The molecule has 0 radical (unpaired) electrons. The molecule has 1 amide bonds. The Hall–Kier alpha value is -2.83. The summed E-state index contributed by atoms with van der Waals surface area (Å²) in [6.07, 6.45) is 4.90. The Kier molecular flexibility index (Phi) is 4.27. The van der Waals surface area contributed by atoms with Gasteiger partial charge in [0.05, 0.1) is 0 Å². The summed E-state index contributed by atoms with van der Waals surface area (Å²) < 4.78 is 0. The fourth-order valence-electron chi connectivity index (χ4n) is 2.76. The maximum Gasteiger partial charge on any atom is 0.354 e. The number of nitrogens with zero attached hydrogens (tertiary/aromatic N) is 4. The van der Waals surface area contributed by atoms with E-state index in [2.05, 4.69) is 15.0 Å². The van der Waals surface area contributed by atoms with Crippen LogP contribution >= 0.6 is 0 Å². The second-order valence-electron chi connectivity index (χ2n) is 5.41. The molecule has 0 spiro atoms. The number of carbonyl (C=O) groups excluding carboxylic acids is 1. The number of piperidine rings is 1. The largest absolute Gasteiger partial charge is 0.477 e. The Morgan fingerprint density at radius 1 is 1.13 bits per heavy atom. The van der Waals surface area contributed by atoms with E-state index in [0.717, 1.165) is 18.5 Å². The Bertz CT molecular complexity index is 712. The van der Waals surface area contributed by atoms with Crippen LogP contribution < -0.4 is 0 Å². The van der Waals surface area contributed by atoms with Crippen molar-refractivity contribution in [2.24, 2.45) is 0 Å². The summed E-state index contributed by atoms with van der Waals surface area (Å²) >= 11 is 0. The van der Waals surface area contributed by atoms with Gasteiger partial charge < -0.3 is 10.0 Å². The summed E-state index contributed by atoms with van der Waals surface area (Å²) in [5.41, 5.74) is 1.05. The first-order valence-electron chi connectivity index (χ1n) is 7.40. The average Bonchev–Trinajstić information content (AvgIpc) is 2.62. The molecule has 3 rings (SSSR count). The van der Waals surface area contributed by atoms with Crippen molar-refractivity contribution in [3.63, 3.8) is 0 Å². The van der Waals surface area contributed by atoms with Gasteiger partial charge >= 0.3 is 5.97 Å². The van der Waals surface area contributed by atoms with E-state index in [1.807, 2.05) is 6.07 Å². The van der Waals surface area contributed by atoms with E-state index in [0.29, 0.717) is 19.0 Å². The lowest BCUT2D eigenvalue weighted by atomic mass is 9.93. The number of carbonyl (C=O) groups is 2. The van der Waals surface area contributed by atoms with Crippen molar-refractivity contribution >= 4 is 11.9 Å². The number of aromatic nitrogens is 3. The predicted molar refractivity (Wildman–Crippen MR) is 81.1 cm³/mol. The zero-order valence-corrected chi connectivity index (χ0v) is 12.4. The fraction of sp³-hybridized carbons (Fsp3) is 0.312. The van der Waals surface area contributed by atoms with Crippen molar-refractivity contribution in [2.45, 2.75) is 18.8 Å². The van der Waals surface area contributed by atoms with Gasteiger partial charge in [-0.1, -0.05) is 6.07 Å². The van der Waals surface area contributed by atoms with Crippen LogP contribution in [0.1, 0.15) is 45.4 Å². The second kappa shape index (κ2) is 6.51. The van der Waals surface area contributed by atoms with Gasteiger partial charge in [-0.15, -0.1) is 0 Å². The van der Waals surface area contributed by atoms with Gasteiger partial charge in [0.15, 0.2) is 0 Å². The average molecular weight is 312 g/mol. The first-order chi connectivity index (χ1) is 11.1. The highest BCUT2D eigenvalue weighted by Gasteiger charge is 2.26. The zero-order chi connectivity index (χ0) is 16.2. The Labute approximate surface area is 133 Å². The monoisotopic (exact) mass is 312 g/mol. The fourth-order valence-corrected chi connectivity index (χ4v) is 2.76. The molecule has 3 heterocycles. The van der Waals surface area contributed by atoms with Crippen LogP contribution in [0.3, 0.4) is 0 Å². The van der Waals surface area contributed by atoms with Crippen molar-refractivity contribution in [3.8, 4) is 0 Å². The third kappa shape index (κ3) is 3.33. The molecular formula is C16H16N4O3. The van der Waals surface area contributed by atoms with Gasteiger partial charge in [-0.3, -0.25) is 4.79 Å². The number of hydrogen-bond acceptors (Lipinski definition) is 5. The number of pyridine rings is 1. The third-order valence-corrected chi connectivity index (χ3v) is 3.99. The smallest absolute Gasteiger partial charge is 0.354 e. The van der Waals surface area contributed by atoms with Crippen LogP contribution in [0.15, 0.2) is 36.8 Å². The van der Waals surface area contributed by atoms with E-state index < -0.39 is 5.97 Å². The lowest BCUT2D eigenvalue weighted by molar-refractivity contribution is 0.0688. The molecule has 0 bridgehead atoms. The van der Waals surface area contributed by atoms with Gasteiger partial charge in [0, 0.05) is 30.9 Å². The molecule has 0 atom stereocenters. The highest BCUT2D eigenvalue weighted by Crippen LogP contribution is 2.26. The molecule has 0 aliphatic carbocycles. The molecule has 2 aromatic rings. The molecular weight excluding hydrogens is 296 g/mol. The molecule has 1 N–H and O–H groups in total.